The van der Waals surface area contributed by atoms with Gasteiger partial charge in [0.05, 0.1) is 22.3 Å². The van der Waals surface area contributed by atoms with E-state index in [0.29, 0.717) is 10.7 Å². The van der Waals surface area contributed by atoms with Gasteiger partial charge >= 0.3 is 0 Å². The third-order valence-corrected chi connectivity index (χ3v) is 5.95. The molecule has 0 spiro atoms. The van der Waals surface area contributed by atoms with Gasteiger partial charge in [0, 0.05) is 12.1 Å². The Morgan fingerprint density at radius 3 is 2.42 bits per heavy atom. The van der Waals surface area contributed by atoms with Gasteiger partial charge in [-0.25, -0.2) is 8.42 Å². The van der Waals surface area contributed by atoms with E-state index in [9.17, 15) is 13.2 Å². The minimum Gasteiger partial charge on any atom is -0.324 e. The van der Waals surface area contributed by atoms with Crippen molar-refractivity contribution in [3.8, 4) is 0 Å². The second kappa shape index (κ2) is 7.72. The molecule has 0 saturated carbocycles. The molecule has 0 aliphatic rings. The standard InChI is InChI=1S/C15H13Cl3N2O3S/c1-20(9-15(21)19-13-5-3-2-4-11(13)17)24(22,23)14-8-10(16)6-7-12(14)18/h2-8H,9H2,1H3,(H,19,21). The molecule has 1 N–H and O–H groups in total. The minimum absolute atomic E-state index is 0.0257. The van der Waals surface area contributed by atoms with Gasteiger partial charge in [-0.3, -0.25) is 4.79 Å². The van der Waals surface area contributed by atoms with Crippen molar-refractivity contribution in [3.05, 3.63) is 57.5 Å². The highest BCUT2D eigenvalue weighted by Crippen LogP contribution is 2.27. The zero-order valence-corrected chi connectivity index (χ0v) is 15.5. The quantitative estimate of drug-likeness (QED) is 0.817. The average molecular weight is 408 g/mol. The molecular formula is C15H13Cl3N2O3S. The number of para-hydroxylation sites is 1. The van der Waals surface area contributed by atoms with E-state index in [1.807, 2.05) is 0 Å². The molecule has 0 saturated heterocycles. The van der Waals surface area contributed by atoms with Crippen molar-refractivity contribution in [2.45, 2.75) is 4.90 Å². The lowest BCUT2D eigenvalue weighted by atomic mass is 10.3. The number of sulfonamides is 1. The zero-order chi connectivity index (χ0) is 17.9. The predicted octanol–water partition coefficient (Wildman–Crippen LogP) is 3.91. The van der Waals surface area contributed by atoms with Crippen molar-refractivity contribution in [1.29, 1.82) is 0 Å². The van der Waals surface area contributed by atoms with E-state index >= 15 is 0 Å². The molecule has 0 radical (unpaired) electrons. The Morgan fingerprint density at radius 2 is 1.75 bits per heavy atom. The Bertz CT molecular complexity index is 872. The summed E-state index contributed by atoms with van der Waals surface area (Å²) in [7, 11) is -2.69. The summed E-state index contributed by atoms with van der Waals surface area (Å²) in [6, 6.07) is 10.7. The van der Waals surface area contributed by atoms with Crippen molar-refractivity contribution < 1.29 is 13.2 Å². The first-order valence-corrected chi connectivity index (χ1v) is 9.25. The minimum atomic E-state index is -3.97. The second-order valence-electron chi connectivity index (χ2n) is 4.86. The number of carbonyl (C=O) groups excluding carboxylic acids is 1. The van der Waals surface area contributed by atoms with Gasteiger partial charge in [-0.15, -0.1) is 0 Å². The molecule has 0 unspecified atom stereocenters. The molecule has 2 aromatic carbocycles. The first-order chi connectivity index (χ1) is 11.2. The van der Waals surface area contributed by atoms with E-state index in [-0.39, 0.29) is 14.9 Å². The van der Waals surface area contributed by atoms with Crippen molar-refractivity contribution >= 4 is 56.4 Å². The third-order valence-electron chi connectivity index (χ3n) is 3.10. The van der Waals surface area contributed by atoms with Gasteiger partial charge in [-0.05, 0) is 30.3 Å². The maximum atomic E-state index is 12.5. The predicted molar refractivity (Wildman–Crippen MR) is 96.4 cm³/mol. The summed E-state index contributed by atoms with van der Waals surface area (Å²) in [6.45, 7) is -0.406. The van der Waals surface area contributed by atoms with Crippen molar-refractivity contribution in [2.75, 3.05) is 18.9 Å². The molecule has 24 heavy (non-hydrogen) atoms. The fourth-order valence-corrected chi connectivity index (χ4v) is 3.93. The lowest BCUT2D eigenvalue weighted by molar-refractivity contribution is -0.116. The molecule has 0 heterocycles. The van der Waals surface area contributed by atoms with Crippen molar-refractivity contribution in [3.63, 3.8) is 0 Å². The number of hydrogen-bond acceptors (Lipinski definition) is 3. The van der Waals surface area contributed by atoms with Gasteiger partial charge in [0.25, 0.3) is 0 Å². The molecule has 0 aliphatic carbocycles. The Kier molecular flexibility index (Phi) is 6.11. The SMILES string of the molecule is CN(CC(=O)Nc1ccccc1Cl)S(=O)(=O)c1cc(Cl)ccc1Cl. The Balaban J connectivity index is 2.16. The van der Waals surface area contributed by atoms with Crippen LogP contribution in [0.3, 0.4) is 0 Å². The molecular weight excluding hydrogens is 395 g/mol. The summed E-state index contributed by atoms with van der Waals surface area (Å²) in [6.07, 6.45) is 0. The van der Waals surface area contributed by atoms with E-state index in [2.05, 4.69) is 5.32 Å². The topological polar surface area (TPSA) is 66.5 Å². The highest BCUT2D eigenvalue weighted by atomic mass is 35.5. The molecule has 0 aliphatic heterocycles. The van der Waals surface area contributed by atoms with Crippen LogP contribution < -0.4 is 5.32 Å². The number of nitrogens with one attached hydrogen (secondary N) is 1. The van der Waals surface area contributed by atoms with Gasteiger partial charge in [0.1, 0.15) is 4.90 Å². The normalized spacial score (nSPS) is 11.5. The lowest BCUT2D eigenvalue weighted by Gasteiger charge is -2.18. The van der Waals surface area contributed by atoms with E-state index in [1.54, 1.807) is 24.3 Å². The molecule has 0 bridgehead atoms. The number of benzene rings is 2. The van der Waals surface area contributed by atoms with Crippen LogP contribution in [0.1, 0.15) is 0 Å². The smallest absolute Gasteiger partial charge is 0.244 e. The molecule has 1 amide bonds. The maximum absolute atomic E-state index is 12.5. The summed E-state index contributed by atoms with van der Waals surface area (Å²) in [5, 5.41) is 3.16. The lowest BCUT2D eigenvalue weighted by Crippen LogP contribution is -2.35. The summed E-state index contributed by atoms with van der Waals surface area (Å²) in [5.74, 6) is -0.535. The number of halogens is 3. The molecule has 2 rings (SSSR count). The van der Waals surface area contributed by atoms with Gasteiger partial charge in [-0.1, -0.05) is 46.9 Å². The van der Waals surface area contributed by atoms with E-state index in [0.717, 1.165) is 4.31 Å². The van der Waals surface area contributed by atoms with E-state index in [1.165, 1.54) is 25.2 Å². The van der Waals surface area contributed by atoms with Crippen LogP contribution in [0.2, 0.25) is 15.1 Å². The number of likely N-dealkylation sites (N-methyl/N-ethyl adjacent to an activating group) is 1. The van der Waals surface area contributed by atoms with Crippen molar-refractivity contribution in [2.24, 2.45) is 0 Å². The number of hydrogen-bond donors (Lipinski definition) is 1. The van der Waals surface area contributed by atoms with Crippen LogP contribution in [-0.2, 0) is 14.8 Å². The number of amides is 1. The van der Waals surface area contributed by atoms with Crippen LogP contribution in [0, 0.1) is 0 Å². The number of nitrogens with zero attached hydrogens (tertiary/aromatic N) is 1. The number of anilines is 1. The first-order valence-electron chi connectivity index (χ1n) is 6.67. The van der Waals surface area contributed by atoms with Crippen molar-refractivity contribution in [1.82, 2.24) is 4.31 Å². The van der Waals surface area contributed by atoms with E-state index in [4.69, 9.17) is 34.8 Å². The Hall–Kier alpha value is -1.31. The fourth-order valence-electron chi connectivity index (χ4n) is 1.88. The fraction of sp³-hybridized carbons (Fsp3) is 0.133. The average Bonchev–Trinajstić information content (AvgIpc) is 2.51. The Labute approximate surface area is 155 Å². The molecule has 0 atom stereocenters. The van der Waals surface area contributed by atoms with Crippen LogP contribution in [0.15, 0.2) is 47.4 Å². The summed E-state index contributed by atoms with van der Waals surface area (Å²) < 4.78 is 26.0. The second-order valence-corrected chi connectivity index (χ2v) is 8.13. The molecule has 128 valence electrons. The molecule has 0 aromatic heterocycles. The first kappa shape index (κ1) is 19.0. The zero-order valence-electron chi connectivity index (χ0n) is 12.5. The van der Waals surface area contributed by atoms with Gasteiger partial charge < -0.3 is 5.32 Å². The maximum Gasteiger partial charge on any atom is 0.244 e. The van der Waals surface area contributed by atoms with Gasteiger partial charge in [0.15, 0.2) is 0 Å². The summed E-state index contributed by atoms with van der Waals surface area (Å²) >= 11 is 17.7. The van der Waals surface area contributed by atoms with Crippen LogP contribution in [0.4, 0.5) is 5.69 Å². The number of carbonyl (C=O) groups is 1. The molecule has 9 heteroatoms. The highest BCUT2D eigenvalue weighted by Gasteiger charge is 2.25. The monoisotopic (exact) mass is 406 g/mol. The van der Waals surface area contributed by atoms with Crippen LogP contribution in [0.5, 0.6) is 0 Å². The van der Waals surface area contributed by atoms with Crippen LogP contribution in [0.25, 0.3) is 0 Å². The summed E-state index contributed by atoms with van der Waals surface area (Å²) in [5.41, 5.74) is 0.399. The Morgan fingerprint density at radius 1 is 1.08 bits per heavy atom. The molecule has 0 fully saturated rings. The largest absolute Gasteiger partial charge is 0.324 e. The molecule has 2 aromatic rings. The van der Waals surface area contributed by atoms with Gasteiger partial charge in [-0.2, -0.15) is 4.31 Å². The number of rotatable bonds is 5. The van der Waals surface area contributed by atoms with Crippen LogP contribution in [-0.4, -0.2) is 32.2 Å². The summed E-state index contributed by atoms with van der Waals surface area (Å²) in [4.78, 5) is 11.9. The molecule has 5 nitrogen and oxygen atoms in total. The van der Waals surface area contributed by atoms with Crippen LogP contribution >= 0.6 is 34.8 Å². The third kappa shape index (κ3) is 4.40. The van der Waals surface area contributed by atoms with Gasteiger partial charge in [0.2, 0.25) is 15.9 Å². The highest BCUT2D eigenvalue weighted by molar-refractivity contribution is 7.89. The van der Waals surface area contributed by atoms with E-state index < -0.39 is 22.5 Å².